The maximum atomic E-state index is 12.2. The Labute approximate surface area is 199 Å². The molecule has 0 aliphatic rings. The number of anilines is 3. The Bertz CT molecular complexity index is 1140. The lowest BCUT2D eigenvalue weighted by atomic mass is 10.1. The number of benzene rings is 2. The second kappa shape index (κ2) is 11.1. The summed E-state index contributed by atoms with van der Waals surface area (Å²) in [5, 5.41) is 12.2. The van der Waals surface area contributed by atoms with Gasteiger partial charge in [-0.25, -0.2) is 9.97 Å². The zero-order valence-electron chi connectivity index (χ0n) is 19.8. The van der Waals surface area contributed by atoms with E-state index in [1.165, 1.54) is 6.08 Å². The molecule has 0 atom stereocenters. The molecular formula is C26H29N5O3. The van der Waals surface area contributed by atoms with Gasteiger partial charge < -0.3 is 20.2 Å². The Morgan fingerprint density at radius 1 is 0.912 bits per heavy atom. The van der Waals surface area contributed by atoms with Crippen LogP contribution in [0.4, 0.5) is 17.3 Å². The first-order valence-corrected chi connectivity index (χ1v) is 10.8. The SMILES string of the molecule is CN(C)c1nc(Cc2ccc(NC(=O)C=Cc3ccccc3)cc2)nc(N(C)C)c1CC(=O)O. The molecule has 1 amide bonds. The second-order valence-corrected chi connectivity index (χ2v) is 8.23. The van der Waals surface area contributed by atoms with Gasteiger partial charge >= 0.3 is 5.97 Å². The normalized spacial score (nSPS) is 10.8. The molecule has 0 radical (unpaired) electrons. The van der Waals surface area contributed by atoms with Crippen LogP contribution in [0.15, 0.2) is 60.7 Å². The van der Waals surface area contributed by atoms with Crippen LogP contribution in [0.1, 0.15) is 22.5 Å². The predicted molar refractivity (Wildman–Crippen MR) is 135 cm³/mol. The van der Waals surface area contributed by atoms with Gasteiger partial charge in [-0.05, 0) is 29.3 Å². The van der Waals surface area contributed by atoms with Crippen molar-refractivity contribution in [3.8, 4) is 0 Å². The molecule has 1 aromatic heterocycles. The van der Waals surface area contributed by atoms with Crippen LogP contribution in [0, 0.1) is 0 Å². The molecule has 0 spiro atoms. The Morgan fingerprint density at radius 2 is 1.50 bits per heavy atom. The molecule has 0 unspecified atom stereocenters. The fraction of sp³-hybridized carbons (Fsp3) is 0.231. The molecule has 2 N–H and O–H groups in total. The highest BCUT2D eigenvalue weighted by molar-refractivity contribution is 6.01. The number of nitrogens with one attached hydrogen (secondary N) is 1. The van der Waals surface area contributed by atoms with E-state index in [0.717, 1.165) is 11.1 Å². The van der Waals surface area contributed by atoms with Crippen molar-refractivity contribution in [2.24, 2.45) is 0 Å². The highest BCUT2D eigenvalue weighted by Crippen LogP contribution is 2.27. The van der Waals surface area contributed by atoms with E-state index in [0.29, 0.717) is 35.1 Å². The molecular weight excluding hydrogens is 430 g/mol. The van der Waals surface area contributed by atoms with Gasteiger partial charge in [-0.1, -0.05) is 42.5 Å². The van der Waals surface area contributed by atoms with Crippen LogP contribution in [0.25, 0.3) is 6.08 Å². The minimum Gasteiger partial charge on any atom is -0.481 e. The van der Waals surface area contributed by atoms with Crippen LogP contribution < -0.4 is 15.1 Å². The highest BCUT2D eigenvalue weighted by atomic mass is 16.4. The van der Waals surface area contributed by atoms with Crippen molar-refractivity contribution in [1.29, 1.82) is 0 Å². The third-order valence-corrected chi connectivity index (χ3v) is 5.00. The zero-order chi connectivity index (χ0) is 24.7. The van der Waals surface area contributed by atoms with Crippen LogP contribution >= 0.6 is 0 Å². The number of amides is 1. The maximum absolute atomic E-state index is 12.2. The van der Waals surface area contributed by atoms with E-state index in [9.17, 15) is 14.7 Å². The van der Waals surface area contributed by atoms with E-state index in [-0.39, 0.29) is 12.3 Å². The average Bonchev–Trinajstić information content (AvgIpc) is 2.80. The number of aromatic nitrogens is 2. The van der Waals surface area contributed by atoms with Crippen LogP contribution in [0.3, 0.4) is 0 Å². The fourth-order valence-corrected chi connectivity index (χ4v) is 3.44. The van der Waals surface area contributed by atoms with Gasteiger partial charge in [-0.15, -0.1) is 0 Å². The number of carbonyl (C=O) groups excluding carboxylic acids is 1. The summed E-state index contributed by atoms with van der Waals surface area (Å²) < 4.78 is 0. The highest BCUT2D eigenvalue weighted by Gasteiger charge is 2.20. The quantitative estimate of drug-likeness (QED) is 0.473. The number of rotatable bonds is 9. The lowest BCUT2D eigenvalue weighted by Gasteiger charge is -2.22. The maximum Gasteiger partial charge on any atom is 0.308 e. The standard InChI is InChI=1S/C26H29N5O3/c1-30(2)25-21(17-24(33)34)26(31(3)4)29-22(28-25)16-19-10-13-20(14-11-19)27-23(32)15-12-18-8-6-5-7-9-18/h5-15H,16-17H2,1-4H3,(H,27,32)(H,33,34). The van der Waals surface area contributed by atoms with E-state index < -0.39 is 5.97 Å². The number of carbonyl (C=O) groups is 2. The summed E-state index contributed by atoms with van der Waals surface area (Å²) in [5.74, 6) is 0.624. The summed E-state index contributed by atoms with van der Waals surface area (Å²) in [4.78, 5) is 36.5. The van der Waals surface area contributed by atoms with Gasteiger partial charge in [-0.3, -0.25) is 9.59 Å². The lowest BCUT2D eigenvalue weighted by Crippen LogP contribution is -2.22. The predicted octanol–water partition coefficient (Wildman–Crippen LogP) is 3.48. The zero-order valence-corrected chi connectivity index (χ0v) is 19.8. The smallest absolute Gasteiger partial charge is 0.308 e. The molecule has 3 aromatic rings. The molecule has 0 aliphatic heterocycles. The third-order valence-electron chi connectivity index (χ3n) is 5.00. The summed E-state index contributed by atoms with van der Waals surface area (Å²) in [7, 11) is 7.34. The Kier molecular flexibility index (Phi) is 7.97. The third kappa shape index (κ3) is 6.65. The summed E-state index contributed by atoms with van der Waals surface area (Å²) in [6.45, 7) is 0. The van der Waals surface area contributed by atoms with Crippen molar-refractivity contribution in [2.45, 2.75) is 12.8 Å². The number of aliphatic carboxylic acids is 1. The first kappa shape index (κ1) is 24.4. The molecule has 176 valence electrons. The number of hydrogen-bond donors (Lipinski definition) is 2. The van der Waals surface area contributed by atoms with Gasteiger partial charge in [0.2, 0.25) is 5.91 Å². The Hall–Kier alpha value is -4.20. The molecule has 34 heavy (non-hydrogen) atoms. The molecule has 0 aliphatic carbocycles. The van der Waals surface area contributed by atoms with Gasteiger partial charge in [-0.2, -0.15) is 0 Å². The molecule has 0 fully saturated rings. The number of nitrogens with zero attached hydrogens (tertiary/aromatic N) is 4. The van der Waals surface area contributed by atoms with Crippen LogP contribution in [0.2, 0.25) is 0 Å². The first-order valence-electron chi connectivity index (χ1n) is 10.8. The minimum absolute atomic E-state index is 0.158. The van der Waals surface area contributed by atoms with Crippen molar-refractivity contribution in [2.75, 3.05) is 43.3 Å². The van der Waals surface area contributed by atoms with Gasteiger partial charge in [0, 0.05) is 51.9 Å². The fourth-order valence-electron chi connectivity index (χ4n) is 3.44. The van der Waals surface area contributed by atoms with E-state index in [4.69, 9.17) is 0 Å². The van der Waals surface area contributed by atoms with Gasteiger partial charge in [0.15, 0.2) is 0 Å². The summed E-state index contributed by atoms with van der Waals surface area (Å²) in [6.07, 6.45) is 3.58. The minimum atomic E-state index is -0.932. The molecule has 0 saturated heterocycles. The second-order valence-electron chi connectivity index (χ2n) is 8.23. The van der Waals surface area contributed by atoms with E-state index in [2.05, 4.69) is 15.3 Å². The monoisotopic (exact) mass is 459 g/mol. The van der Waals surface area contributed by atoms with Crippen molar-refractivity contribution in [3.05, 3.63) is 83.2 Å². The molecule has 8 nitrogen and oxygen atoms in total. The topological polar surface area (TPSA) is 98.7 Å². The van der Waals surface area contributed by atoms with Crippen molar-refractivity contribution in [1.82, 2.24) is 9.97 Å². The van der Waals surface area contributed by atoms with E-state index in [1.54, 1.807) is 15.9 Å². The lowest BCUT2D eigenvalue weighted by molar-refractivity contribution is -0.136. The van der Waals surface area contributed by atoms with Crippen molar-refractivity contribution >= 4 is 35.3 Å². The summed E-state index contributed by atoms with van der Waals surface area (Å²) >= 11 is 0. The molecule has 8 heteroatoms. The Balaban J connectivity index is 1.75. The van der Waals surface area contributed by atoms with Gasteiger partial charge in [0.05, 0.1) is 6.42 Å². The number of hydrogen-bond acceptors (Lipinski definition) is 6. The molecule has 1 heterocycles. The van der Waals surface area contributed by atoms with Crippen LogP contribution in [-0.4, -0.2) is 55.1 Å². The molecule has 2 aromatic carbocycles. The number of carboxylic acids is 1. The average molecular weight is 460 g/mol. The van der Waals surface area contributed by atoms with Crippen LogP contribution in [0.5, 0.6) is 0 Å². The van der Waals surface area contributed by atoms with E-state index >= 15 is 0 Å². The van der Waals surface area contributed by atoms with Gasteiger partial charge in [0.1, 0.15) is 17.5 Å². The van der Waals surface area contributed by atoms with E-state index in [1.807, 2.05) is 82.8 Å². The summed E-state index contributed by atoms with van der Waals surface area (Å²) in [6, 6.07) is 17.1. The van der Waals surface area contributed by atoms with Gasteiger partial charge in [0.25, 0.3) is 0 Å². The first-order chi connectivity index (χ1) is 16.2. The molecule has 0 bridgehead atoms. The molecule has 0 saturated carbocycles. The number of carboxylic acid groups (broad SMARTS) is 1. The largest absolute Gasteiger partial charge is 0.481 e. The van der Waals surface area contributed by atoms with Crippen molar-refractivity contribution in [3.63, 3.8) is 0 Å². The van der Waals surface area contributed by atoms with Crippen LogP contribution in [-0.2, 0) is 22.4 Å². The van der Waals surface area contributed by atoms with Crippen molar-refractivity contribution < 1.29 is 14.7 Å². The Morgan fingerprint density at radius 3 is 2.03 bits per heavy atom. The molecule has 3 rings (SSSR count). The summed E-state index contributed by atoms with van der Waals surface area (Å²) in [5.41, 5.74) is 3.19.